The van der Waals surface area contributed by atoms with Gasteiger partial charge >= 0.3 is 5.69 Å². The molecule has 3 aromatic rings. The van der Waals surface area contributed by atoms with Gasteiger partial charge in [0, 0.05) is 6.07 Å². The van der Waals surface area contributed by atoms with Crippen LogP contribution in [0.15, 0.2) is 28.9 Å². The Labute approximate surface area is 180 Å². The van der Waals surface area contributed by atoms with Gasteiger partial charge in [-0.05, 0) is 41.4 Å². The van der Waals surface area contributed by atoms with Crippen molar-refractivity contribution >= 4 is 28.3 Å². The Bertz CT molecular complexity index is 1140. The second-order valence-corrected chi connectivity index (χ2v) is 7.07. The summed E-state index contributed by atoms with van der Waals surface area (Å²) in [6, 6.07) is 4.73. The Kier molecular flexibility index (Phi) is 7.13. The molecular formula is C20H21F2N5O5. The molecule has 0 aliphatic carbocycles. The molecule has 0 aliphatic rings. The first-order valence-corrected chi connectivity index (χ1v) is 9.91. The van der Waals surface area contributed by atoms with E-state index in [0.717, 1.165) is 31.4 Å². The minimum absolute atomic E-state index is 0.0147. The summed E-state index contributed by atoms with van der Waals surface area (Å²) in [7, 11) is 0. The number of nitro benzene ring substituents is 1. The zero-order valence-electron chi connectivity index (χ0n) is 17.1. The number of carbonyl (C=O) groups excluding carboxylic acids is 1. The molecule has 0 aliphatic heterocycles. The van der Waals surface area contributed by atoms with Crippen LogP contribution >= 0.6 is 0 Å². The lowest BCUT2D eigenvalue weighted by Gasteiger charge is -2.21. The van der Waals surface area contributed by atoms with Crippen LogP contribution in [0.25, 0.3) is 11.0 Å². The van der Waals surface area contributed by atoms with Crippen molar-refractivity contribution in [1.82, 2.24) is 10.3 Å². The number of anilines is 1. The standard InChI is InChI=1S/C20H21F2N5O5/c1-2-3-4-5-11(31-15-9-6-12(21)16(17(15)22)20(23)28)10-24-13-7-8-14(27(29)30)19-18(13)25-32-26-19/h6-9,11,24H,2-5,10H2,1H3,(H2,23,28). The van der Waals surface area contributed by atoms with Crippen molar-refractivity contribution in [3.8, 4) is 5.75 Å². The third kappa shape index (κ3) is 4.90. The summed E-state index contributed by atoms with van der Waals surface area (Å²) in [5.41, 5.74) is 4.50. The Balaban J connectivity index is 1.82. The zero-order chi connectivity index (χ0) is 23.3. The molecule has 10 nitrogen and oxygen atoms in total. The molecule has 1 aromatic heterocycles. The molecule has 3 N–H and O–H groups in total. The van der Waals surface area contributed by atoms with Gasteiger partial charge in [0.1, 0.15) is 17.5 Å². The third-order valence-electron chi connectivity index (χ3n) is 4.84. The van der Waals surface area contributed by atoms with Gasteiger partial charge in [0.25, 0.3) is 5.91 Å². The van der Waals surface area contributed by atoms with Crippen LogP contribution in [-0.2, 0) is 0 Å². The van der Waals surface area contributed by atoms with Crippen LogP contribution < -0.4 is 15.8 Å². The first-order valence-electron chi connectivity index (χ1n) is 9.91. The number of nitrogens with zero attached hydrogens (tertiary/aromatic N) is 3. The molecule has 0 radical (unpaired) electrons. The summed E-state index contributed by atoms with van der Waals surface area (Å²) >= 11 is 0. The lowest BCUT2D eigenvalue weighted by Crippen LogP contribution is -2.27. The van der Waals surface area contributed by atoms with Crippen molar-refractivity contribution in [2.45, 2.75) is 38.7 Å². The topological polar surface area (TPSA) is 146 Å². The molecule has 1 unspecified atom stereocenters. The van der Waals surface area contributed by atoms with E-state index in [4.69, 9.17) is 10.5 Å². The van der Waals surface area contributed by atoms with E-state index in [2.05, 4.69) is 20.3 Å². The number of halogens is 2. The van der Waals surface area contributed by atoms with Crippen molar-refractivity contribution in [3.63, 3.8) is 0 Å². The molecule has 1 atom stereocenters. The molecular weight excluding hydrogens is 428 g/mol. The van der Waals surface area contributed by atoms with Gasteiger partial charge in [0.05, 0.1) is 17.2 Å². The highest BCUT2D eigenvalue weighted by atomic mass is 19.1. The Morgan fingerprint density at radius 2 is 2.00 bits per heavy atom. The maximum atomic E-state index is 14.6. The van der Waals surface area contributed by atoms with Crippen LogP contribution in [0.1, 0.15) is 43.0 Å². The van der Waals surface area contributed by atoms with Crippen molar-refractivity contribution in [3.05, 3.63) is 51.6 Å². The summed E-state index contributed by atoms with van der Waals surface area (Å²) in [6.07, 6.45) is 2.58. The molecule has 32 heavy (non-hydrogen) atoms. The number of primary amides is 1. The minimum atomic E-state index is -1.24. The van der Waals surface area contributed by atoms with Crippen LogP contribution in [0.5, 0.6) is 5.75 Å². The fourth-order valence-electron chi connectivity index (χ4n) is 3.22. The van der Waals surface area contributed by atoms with E-state index in [1.165, 1.54) is 12.1 Å². The fourth-order valence-corrected chi connectivity index (χ4v) is 3.22. The number of ether oxygens (including phenoxy) is 1. The van der Waals surface area contributed by atoms with Gasteiger partial charge in [-0.15, -0.1) is 0 Å². The average molecular weight is 449 g/mol. The molecule has 12 heteroatoms. The number of fused-ring (bicyclic) bond motifs is 1. The molecule has 0 spiro atoms. The molecule has 0 fully saturated rings. The lowest BCUT2D eigenvalue weighted by molar-refractivity contribution is -0.383. The number of amides is 1. The monoisotopic (exact) mass is 449 g/mol. The van der Waals surface area contributed by atoms with Gasteiger partial charge in [-0.2, -0.15) is 0 Å². The maximum Gasteiger partial charge on any atom is 0.300 e. The number of nitrogens with one attached hydrogen (secondary N) is 1. The number of nitrogens with two attached hydrogens (primary N) is 1. The molecule has 2 aromatic carbocycles. The van der Waals surface area contributed by atoms with Gasteiger partial charge < -0.3 is 15.8 Å². The summed E-state index contributed by atoms with van der Waals surface area (Å²) in [4.78, 5) is 21.9. The SMILES string of the molecule is CCCCCC(CNc1ccc([N+](=O)[O-])c2nonc12)Oc1ccc(F)c(C(N)=O)c1F. The van der Waals surface area contributed by atoms with E-state index < -0.39 is 34.1 Å². The van der Waals surface area contributed by atoms with Crippen LogP contribution in [0.3, 0.4) is 0 Å². The van der Waals surface area contributed by atoms with E-state index in [0.29, 0.717) is 12.1 Å². The van der Waals surface area contributed by atoms with Gasteiger partial charge in [-0.25, -0.2) is 13.4 Å². The van der Waals surface area contributed by atoms with Crippen LogP contribution in [0.4, 0.5) is 20.2 Å². The molecule has 1 amide bonds. The number of hydrogen-bond donors (Lipinski definition) is 2. The Morgan fingerprint density at radius 3 is 2.69 bits per heavy atom. The number of rotatable bonds is 11. The minimum Gasteiger partial charge on any atom is -0.485 e. The highest BCUT2D eigenvalue weighted by Gasteiger charge is 2.23. The summed E-state index contributed by atoms with van der Waals surface area (Å²) in [5.74, 6) is -3.79. The Morgan fingerprint density at radius 1 is 1.25 bits per heavy atom. The molecule has 0 saturated carbocycles. The summed E-state index contributed by atoms with van der Waals surface area (Å²) in [5, 5.41) is 21.5. The van der Waals surface area contributed by atoms with E-state index in [9.17, 15) is 23.7 Å². The molecule has 1 heterocycles. The largest absolute Gasteiger partial charge is 0.485 e. The Hall–Kier alpha value is -3.83. The fraction of sp³-hybridized carbons (Fsp3) is 0.350. The van der Waals surface area contributed by atoms with Gasteiger partial charge in [0.2, 0.25) is 5.52 Å². The second-order valence-electron chi connectivity index (χ2n) is 7.07. The van der Waals surface area contributed by atoms with Crippen molar-refractivity contribution in [1.29, 1.82) is 0 Å². The number of aromatic nitrogens is 2. The lowest BCUT2D eigenvalue weighted by atomic mass is 10.1. The molecule has 0 bridgehead atoms. The first kappa shape index (κ1) is 22.8. The van der Waals surface area contributed by atoms with E-state index in [1.54, 1.807) is 0 Å². The van der Waals surface area contributed by atoms with Crippen LogP contribution in [-0.4, -0.2) is 33.8 Å². The number of unbranched alkanes of at least 4 members (excludes halogenated alkanes) is 2. The smallest absolute Gasteiger partial charge is 0.300 e. The summed E-state index contributed by atoms with van der Waals surface area (Å²) in [6.45, 7) is 2.18. The normalized spacial score (nSPS) is 12.0. The highest BCUT2D eigenvalue weighted by Crippen LogP contribution is 2.29. The summed E-state index contributed by atoms with van der Waals surface area (Å²) < 4.78 is 38.7. The van der Waals surface area contributed by atoms with E-state index >= 15 is 0 Å². The number of nitro groups is 1. The van der Waals surface area contributed by atoms with Crippen molar-refractivity contribution < 1.29 is 27.9 Å². The molecule has 3 rings (SSSR count). The van der Waals surface area contributed by atoms with Gasteiger partial charge in [0.15, 0.2) is 17.1 Å². The highest BCUT2D eigenvalue weighted by molar-refractivity contribution is 5.94. The van der Waals surface area contributed by atoms with Gasteiger partial charge in [-0.1, -0.05) is 19.8 Å². The zero-order valence-corrected chi connectivity index (χ0v) is 17.1. The number of benzene rings is 2. The predicted molar refractivity (Wildman–Crippen MR) is 110 cm³/mol. The predicted octanol–water partition coefficient (Wildman–Crippen LogP) is 3.95. The average Bonchev–Trinajstić information content (AvgIpc) is 3.23. The van der Waals surface area contributed by atoms with Crippen molar-refractivity contribution in [2.24, 2.45) is 5.73 Å². The van der Waals surface area contributed by atoms with Crippen molar-refractivity contribution in [2.75, 3.05) is 11.9 Å². The third-order valence-corrected chi connectivity index (χ3v) is 4.84. The number of non-ortho nitro benzene ring substituents is 1. The number of hydrogen-bond acceptors (Lipinski definition) is 8. The number of carbonyl (C=O) groups is 1. The van der Waals surface area contributed by atoms with Crippen LogP contribution in [0, 0.1) is 21.7 Å². The van der Waals surface area contributed by atoms with E-state index in [1.807, 2.05) is 6.92 Å². The van der Waals surface area contributed by atoms with Gasteiger partial charge in [-0.3, -0.25) is 14.9 Å². The molecule has 170 valence electrons. The second kappa shape index (κ2) is 9.98. The first-order chi connectivity index (χ1) is 15.3. The van der Waals surface area contributed by atoms with E-state index in [-0.39, 0.29) is 29.0 Å². The van der Waals surface area contributed by atoms with Crippen LogP contribution in [0.2, 0.25) is 0 Å². The quantitative estimate of drug-likeness (QED) is 0.254. The maximum absolute atomic E-state index is 14.6. The molecule has 0 saturated heterocycles.